The molecule has 4 rings (SSSR count). The van der Waals surface area contributed by atoms with Gasteiger partial charge < -0.3 is 5.32 Å². The van der Waals surface area contributed by atoms with Crippen molar-refractivity contribution in [2.24, 2.45) is 0 Å². The summed E-state index contributed by atoms with van der Waals surface area (Å²) in [4.78, 5) is 15.7. The average molecular weight is 494 g/mol. The summed E-state index contributed by atoms with van der Waals surface area (Å²) >= 11 is 2.93. The quantitative estimate of drug-likeness (QED) is 0.636. The molecule has 2 aromatic rings. The number of thioether (sulfide) groups is 1. The third kappa shape index (κ3) is 5.94. The lowest BCUT2D eigenvalue weighted by Crippen LogP contribution is -2.38. The van der Waals surface area contributed by atoms with Crippen molar-refractivity contribution in [3.05, 3.63) is 51.7 Å². The van der Waals surface area contributed by atoms with E-state index in [-0.39, 0.29) is 15.7 Å². The summed E-state index contributed by atoms with van der Waals surface area (Å²) in [5, 5.41) is 4.58. The molecule has 9 heteroatoms. The summed E-state index contributed by atoms with van der Waals surface area (Å²) in [5.41, 5.74) is 2.29. The molecule has 2 aliphatic heterocycles. The Morgan fingerprint density at radius 2 is 1.56 bits per heavy atom. The zero-order valence-electron chi connectivity index (χ0n) is 18.3. The van der Waals surface area contributed by atoms with Gasteiger partial charge in [-0.1, -0.05) is 37.1 Å². The number of nitrogens with one attached hydrogen (secondary N) is 1. The molecule has 1 amide bonds. The summed E-state index contributed by atoms with van der Waals surface area (Å²) in [6.07, 6.45) is 5.22. The van der Waals surface area contributed by atoms with Gasteiger partial charge in [-0.15, -0.1) is 11.3 Å². The molecule has 1 N–H and O–H groups in total. The van der Waals surface area contributed by atoms with Crippen LogP contribution < -0.4 is 5.32 Å². The van der Waals surface area contributed by atoms with Gasteiger partial charge in [0.15, 0.2) is 0 Å². The van der Waals surface area contributed by atoms with Gasteiger partial charge in [-0.05, 0) is 48.5 Å². The fraction of sp³-hybridized carbons (Fsp3) is 0.522. The molecule has 0 unspecified atom stereocenters. The van der Waals surface area contributed by atoms with Crippen molar-refractivity contribution in [3.8, 4) is 0 Å². The number of carbonyl (C=O) groups is 1. The summed E-state index contributed by atoms with van der Waals surface area (Å²) in [6, 6.07) is 9.90. The fourth-order valence-corrected chi connectivity index (χ4v) is 8.06. The standard InChI is InChI=1S/C23H31N3O3S3/c27-23(22-21(9-14-31-22)32(28,29)26-12-15-30-16-13-26)24-17-19-5-7-20(8-6-19)18-25-10-3-1-2-4-11-25/h5-9,14H,1-4,10-13,15-18H2,(H,24,27). The van der Waals surface area contributed by atoms with Gasteiger partial charge in [-0.2, -0.15) is 16.1 Å². The van der Waals surface area contributed by atoms with Crippen LogP contribution in [0.5, 0.6) is 0 Å². The van der Waals surface area contributed by atoms with E-state index in [1.165, 1.54) is 60.0 Å². The maximum absolute atomic E-state index is 13.0. The molecular weight excluding hydrogens is 462 g/mol. The second-order valence-corrected chi connectivity index (χ2v) is 12.4. The number of likely N-dealkylation sites (tertiary alicyclic amines) is 1. The molecule has 0 atom stereocenters. The normalized spacial score (nSPS) is 18.9. The number of nitrogens with zero attached hydrogens (tertiary/aromatic N) is 2. The number of sulfonamides is 1. The van der Waals surface area contributed by atoms with Crippen LogP contribution in [-0.2, 0) is 23.1 Å². The number of carbonyl (C=O) groups excluding carboxylic acids is 1. The Morgan fingerprint density at radius 1 is 0.906 bits per heavy atom. The zero-order valence-corrected chi connectivity index (χ0v) is 20.7. The Balaban J connectivity index is 1.35. The molecule has 174 valence electrons. The van der Waals surface area contributed by atoms with Crippen molar-refractivity contribution < 1.29 is 13.2 Å². The molecule has 1 aromatic heterocycles. The highest BCUT2D eigenvalue weighted by atomic mass is 32.2. The summed E-state index contributed by atoms with van der Waals surface area (Å²) in [5.74, 6) is 1.25. The predicted molar refractivity (Wildman–Crippen MR) is 132 cm³/mol. The van der Waals surface area contributed by atoms with Gasteiger partial charge in [-0.25, -0.2) is 8.42 Å². The van der Waals surface area contributed by atoms with Crippen molar-refractivity contribution >= 4 is 39.0 Å². The molecule has 0 radical (unpaired) electrons. The maximum atomic E-state index is 13.0. The van der Waals surface area contributed by atoms with Crippen LogP contribution in [0.1, 0.15) is 46.5 Å². The summed E-state index contributed by atoms with van der Waals surface area (Å²) in [6.45, 7) is 4.67. The van der Waals surface area contributed by atoms with Gasteiger partial charge in [0, 0.05) is 37.7 Å². The lowest BCUT2D eigenvalue weighted by Gasteiger charge is -2.25. The lowest BCUT2D eigenvalue weighted by atomic mass is 10.1. The van der Waals surface area contributed by atoms with Crippen LogP contribution in [0.3, 0.4) is 0 Å². The first-order chi connectivity index (χ1) is 15.5. The molecule has 6 nitrogen and oxygen atoms in total. The monoisotopic (exact) mass is 493 g/mol. The van der Waals surface area contributed by atoms with Crippen LogP contribution in [0.4, 0.5) is 0 Å². The number of benzene rings is 1. The van der Waals surface area contributed by atoms with E-state index in [1.807, 2.05) is 12.1 Å². The molecule has 3 heterocycles. The molecule has 32 heavy (non-hydrogen) atoms. The fourth-order valence-electron chi connectivity index (χ4n) is 4.17. The minimum atomic E-state index is -3.63. The number of rotatable bonds is 7. The van der Waals surface area contributed by atoms with Crippen molar-refractivity contribution in [2.75, 3.05) is 37.7 Å². The molecule has 0 saturated carbocycles. The number of hydrogen-bond donors (Lipinski definition) is 1. The minimum absolute atomic E-state index is 0.125. The second-order valence-electron chi connectivity index (χ2n) is 8.32. The van der Waals surface area contributed by atoms with Crippen molar-refractivity contribution in [3.63, 3.8) is 0 Å². The van der Waals surface area contributed by atoms with E-state index in [4.69, 9.17) is 0 Å². The van der Waals surface area contributed by atoms with Crippen molar-refractivity contribution in [1.29, 1.82) is 0 Å². The first-order valence-corrected chi connectivity index (χ1v) is 14.8. The van der Waals surface area contributed by atoms with Crippen LogP contribution in [0.25, 0.3) is 0 Å². The molecular formula is C23H31N3O3S3. The van der Waals surface area contributed by atoms with Crippen LogP contribution in [-0.4, -0.2) is 61.2 Å². The van der Waals surface area contributed by atoms with E-state index < -0.39 is 10.0 Å². The van der Waals surface area contributed by atoms with E-state index in [0.29, 0.717) is 19.6 Å². The highest BCUT2D eigenvalue weighted by Gasteiger charge is 2.31. The Hall–Kier alpha value is -1.39. The molecule has 0 aliphatic carbocycles. The number of amides is 1. The molecule has 2 fully saturated rings. The smallest absolute Gasteiger partial charge is 0.263 e. The maximum Gasteiger partial charge on any atom is 0.263 e. The molecule has 2 aliphatic rings. The van der Waals surface area contributed by atoms with Gasteiger partial charge in [0.25, 0.3) is 5.91 Å². The van der Waals surface area contributed by atoms with Gasteiger partial charge in [-0.3, -0.25) is 9.69 Å². The minimum Gasteiger partial charge on any atom is -0.347 e. The molecule has 2 saturated heterocycles. The third-order valence-electron chi connectivity index (χ3n) is 6.00. The number of hydrogen-bond acceptors (Lipinski definition) is 6. The predicted octanol–water partition coefficient (Wildman–Crippen LogP) is 3.79. The van der Waals surface area contributed by atoms with Crippen LogP contribution in [0, 0.1) is 0 Å². The van der Waals surface area contributed by atoms with E-state index in [0.717, 1.165) is 23.6 Å². The summed E-state index contributed by atoms with van der Waals surface area (Å²) in [7, 11) is -3.63. The number of thiophene rings is 1. The summed E-state index contributed by atoms with van der Waals surface area (Å²) < 4.78 is 27.5. The molecule has 1 aromatic carbocycles. The van der Waals surface area contributed by atoms with Crippen molar-refractivity contribution in [1.82, 2.24) is 14.5 Å². The van der Waals surface area contributed by atoms with Gasteiger partial charge in [0.05, 0.1) is 0 Å². The zero-order chi connectivity index (χ0) is 22.4. The van der Waals surface area contributed by atoms with Crippen LogP contribution >= 0.6 is 23.1 Å². The third-order valence-corrected chi connectivity index (χ3v) is 9.93. The first-order valence-electron chi connectivity index (χ1n) is 11.3. The van der Waals surface area contributed by atoms with Gasteiger partial charge in [0.2, 0.25) is 10.0 Å². The topological polar surface area (TPSA) is 69.7 Å². The van der Waals surface area contributed by atoms with E-state index in [1.54, 1.807) is 23.2 Å². The van der Waals surface area contributed by atoms with Crippen LogP contribution in [0.15, 0.2) is 40.6 Å². The largest absolute Gasteiger partial charge is 0.347 e. The Morgan fingerprint density at radius 3 is 2.25 bits per heavy atom. The van der Waals surface area contributed by atoms with E-state index >= 15 is 0 Å². The Labute approximate surface area is 199 Å². The van der Waals surface area contributed by atoms with Crippen LogP contribution in [0.2, 0.25) is 0 Å². The second kappa shape index (κ2) is 11.2. The van der Waals surface area contributed by atoms with E-state index in [2.05, 4.69) is 22.3 Å². The van der Waals surface area contributed by atoms with Crippen molar-refractivity contribution in [2.45, 2.75) is 43.7 Å². The lowest BCUT2D eigenvalue weighted by molar-refractivity contribution is 0.0952. The Bertz CT molecular complexity index is 991. The highest BCUT2D eigenvalue weighted by molar-refractivity contribution is 7.99. The molecule has 0 bridgehead atoms. The average Bonchev–Trinajstić information content (AvgIpc) is 3.19. The highest BCUT2D eigenvalue weighted by Crippen LogP contribution is 2.27. The first kappa shape index (κ1) is 23.8. The van der Waals surface area contributed by atoms with E-state index in [9.17, 15) is 13.2 Å². The van der Waals surface area contributed by atoms with Gasteiger partial charge >= 0.3 is 0 Å². The SMILES string of the molecule is O=C(NCc1ccc(CN2CCCCCC2)cc1)c1sccc1S(=O)(=O)N1CCSCC1. The Kier molecular flexibility index (Phi) is 8.28. The molecule has 0 spiro atoms. The van der Waals surface area contributed by atoms with Gasteiger partial charge in [0.1, 0.15) is 9.77 Å².